The van der Waals surface area contributed by atoms with E-state index < -0.39 is 12.1 Å². The van der Waals surface area contributed by atoms with E-state index in [9.17, 15) is 18.0 Å². The summed E-state index contributed by atoms with van der Waals surface area (Å²) in [5.74, 6) is -1.89. The number of nitrogens with one attached hydrogen (secondary N) is 1. The van der Waals surface area contributed by atoms with E-state index in [1.165, 1.54) is 17.9 Å². The second kappa shape index (κ2) is 6.34. The van der Waals surface area contributed by atoms with Crippen LogP contribution in [-0.4, -0.2) is 38.1 Å². The molecule has 130 valence electrons. The second-order valence-electron chi connectivity index (χ2n) is 4.97. The molecule has 0 aliphatic rings. The van der Waals surface area contributed by atoms with Crippen molar-refractivity contribution in [2.24, 2.45) is 0 Å². The molecule has 3 aromatic rings. The van der Waals surface area contributed by atoms with Gasteiger partial charge in [-0.2, -0.15) is 18.2 Å². The largest absolute Gasteiger partial charge is 0.471 e. The van der Waals surface area contributed by atoms with E-state index in [-0.39, 0.29) is 18.3 Å². The van der Waals surface area contributed by atoms with Crippen molar-refractivity contribution < 1.29 is 22.5 Å². The van der Waals surface area contributed by atoms with E-state index in [4.69, 9.17) is 0 Å². The van der Waals surface area contributed by atoms with Crippen molar-refractivity contribution in [3.63, 3.8) is 0 Å². The number of aromatic nitrogens is 5. The molecule has 0 spiro atoms. The topological polar surface area (TPSA) is 98.7 Å². The molecule has 2 aromatic heterocycles. The Balaban J connectivity index is 1.78. The molecule has 8 nitrogen and oxygen atoms in total. The molecule has 11 heteroatoms. The molecule has 0 aliphatic heterocycles. The fraction of sp³-hybridized carbons (Fsp3) is 0.214. The van der Waals surface area contributed by atoms with Gasteiger partial charge in [0.15, 0.2) is 0 Å². The van der Waals surface area contributed by atoms with Crippen LogP contribution >= 0.6 is 0 Å². The molecule has 0 bridgehead atoms. The maximum atomic E-state index is 12.5. The molecule has 0 radical (unpaired) electrons. The summed E-state index contributed by atoms with van der Waals surface area (Å²) in [6.07, 6.45) is -3.35. The summed E-state index contributed by atoms with van der Waals surface area (Å²) in [6.45, 7) is 0.267. The molecule has 0 atom stereocenters. The number of amides is 1. The molecular formula is C14H11F3N6O2. The zero-order chi connectivity index (χ0) is 18.0. The highest BCUT2D eigenvalue weighted by atomic mass is 19.4. The Bertz CT molecular complexity index is 885. The van der Waals surface area contributed by atoms with E-state index >= 15 is 0 Å². The Hall–Kier alpha value is -3.24. The van der Waals surface area contributed by atoms with Gasteiger partial charge in [-0.05, 0) is 5.56 Å². The van der Waals surface area contributed by atoms with Crippen LogP contribution in [0.25, 0.3) is 11.4 Å². The van der Waals surface area contributed by atoms with Crippen molar-refractivity contribution in [2.45, 2.75) is 12.7 Å². The van der Waals surface area contributed by atoms with Gasteiger partial charge in [-0.3, -0.25) is 4.79 Å². The highest BCUT2D eigenvalue weighted by Gasteiger charge is 2.38. The van der Waals surface area contributed by atoms with Crippen molar-refractivity contribution in [3.8, 4) is 11.4 Å². The summed E-state index contributed by atoms with van der Waals surface area (Å²) >= 11 is 0. The van der Waals surface area contributed by atoms with Gasteiger partial charge in [0.2, 0.25) is 5.82 Å². The van der Waals surface area contributed by atoms with E-state index in [2.05, 4.69) is 30.3 Å². The van der Waals surface area contributed by atoms with Crippen LogP contribution < -0.4 is 5.32 Å². The summed E-state index contributed by atoms with van der Waals surface area (Å²) in [5.41, 5.74) is 1.42. The average Bonchev–Trinajstić information content (AvgIpc) is 3.24. The first kappa shape index (κ1) is 16.6. The van der Waals surface area contributed by atoms with Crippen molar-refractivity contribution >= 4 is 5.91 Å². The van der Waals surface area contributed by atoms with Crippen molar-refractivity contribution in [1.82, 2.24) is 30.5 Å². The highest BCUT2D eigenvalue weighted by molar-refractivity contribution is 5.91. The third-order valence-electron chi connectivity index (χ3n) is 3.29. The molecule has 0 unspecified atom stereocenters. The monoisotopic (exact) mass is 352 g/mol. The summed E-state index contributed by atoms with van der Waals surface area (Å²) in [4.78, 5) is 15.0. The summed E-state index contributed by atoms with van der Waals surface area (Å²) < 4.78 is 43.0. The van der Waals surface area contributed by atoms with E-state index in [1.807, 2.05) is 0 Å². The molecule has 1 amide bonds. The number of carbonyl (C=O) groups excluding carboxylic acids is 1. The SMILES string of the molecule is CNC(=O)c1cnnn1Cc1ccc(-c2noc(C(F)(F)F)n2)cc1. The lowest BCUT2D eigenvalue weighted by Gasteiger charge is -2.05. The first-order valence-electron chi connectivity index (χ1n) is 6.99. The van der Waals surface area contributed by atoms with Gasteiger partial charge in [-0.25, -0.2) is 4.68 Å². The smallest absolute Gasteiger partial charge is 0.354 e. The van der Waals surface area contributed by atoms with Crippen LogP contribution in [0, 0.1) is 0 Å². The fourth-order valence-electron chi connectivity index (χ4n) is 2.07. The minimum absolute atomic E-state index is 0.161. The quantitative estimate of drug-likeness (QED) is 0.768. The van der Waals surface area contributed by atoms with E-state index in [0.29, 0.717) is 11.3 Å². The summed E-state index contributed by atoms with van der Waals surface area (Å²) in [5, 5.41) is 13.3. The predicted octanol–water partition coefficient (Wildman–Crippen LogP) is 1.75. The van der Waals surface area contributed by atoms with Gasteiger partial charge in [0.25, 0.3) is 5.91 Å². The lowest BCUT2D eigenvalue weighted by Crippen LogP contribution is -2.22. The van der Waals surface area contributed by atoms with Crippen molar-refractivity contribution in [1.29, 1.82) is 0 Å². The van der Waals surface area contributed by atoms with Gasteiger partial charge in [-0.1, -0.05) is 34.6 Å². The number of nitrogens with zero attached hydrogens (tertiary/aromatic N) is 5. The summed E-state index contributed by atoms with van der Waals surface area (Å²) in [6, 6.07) is 6.43. The molecule has 0 saturated heterocycles. The van der Waals surface area contributed by atoms with Crippen LogP contribution in [-0.2, 0) is 12.7 Å². The van der Waals surface area contributed by atoms with Gasteiger partial charge in [0.1, 0.15) is 5.69 Å². The van der Waals surface area contributed by atoms with E-state index in [1.54, 1.807) is 24.3 Å². The lowest BCUT2D eigenvalue weighted by molar-refractivity contribution is -0.159. The molecule has 0 saturated carbocycles. The number of rotatable bonds is 4. The number of hydrogen-bond donors (Lipinski definition) is 1. The van der Waals surface area contributed by atoms with Gasteiger partial charge in [0, 0.05) is 12.6 Å². The van der Waals surface area contributed by atoms with Gasteiger partial charge >= 0.3 is 12.1 Å². The lowest BCUT2D eigenvalue weighted by atomic mass is 10.1. The van der Waals surface area contributed by atoms with Crippen LogP contribution in [0.15, 0.2) is 35.0 Å². The molecule has 25 heavy (non-hydrogen) atoms. The maximum absolute atomic E-state index is 12.5. The highest BCUT2D eigenvalue weighted by Crippen LogP contribution is 2.29. The average molecular weight is 352 g/mol. The van der Waals surface area contributed by atoms with Crippen molar-refractivity contribution in [3.05, 3.63) is 47.6 Å². The van der Waals surface area contributed by atoms with Crippen molar-refractivity contribution in [2.75, 3.05) is 7.05 Å². The zero-order valence-electron chi connectivity index (χ0n) is 12.8. The molecule has 1 aromatic carbocycles. The molecular weight excluding hydrogens is 341 g/mol. The number of hydrogen-bond acceptors (Lipinski definition) is 6. The third-order valence-corrected chi connectivity index (χ3v) is 3.29. The minimum atomic E-state index is -4.69. The Labute approximate surface area is 138 Å². The number of benzene rings is 1. The Morgan fingerprint density at radius 2 is 2.00 bits per heavy atom. The molecule has 3 rings (SSSR count). The Kier molecular flexibility index (Phi) is 4.21. The molecule has 2 heterocycles. The number of halogens is 3. The van der Waals surface area contributed by atoms with Crippen LogP contribution in [0.5, 0.6) is 0 Å². The first-order chi connectivity index (χ1) is 11.9. The first-order valence-corrected chi connectivity index (χ1v) is 6.99. The van der Waals surface area contributed by atoms with Gasteiger partial charge in [-0.15, -0.1) is 5.10 Å². The minimum Gasteiger partial charge on any atom is -0.354 e. The normalized spacial score (nSPS) is 11.5. The predicted molar refractivity (Wildman–Crippen MR) is 77.3 cm³/mol. The van der Waals surface area contributed by atoms with Crippen LogP contribution in [0.1, 0.15) is 21.9 Å². The Morgan fingerprint density at radius 1 is 1.28 bits per heavy atom. The fourth-order valence-corrected chi connectivity index (χ4v) is 2.07. The third kappa shape index (κ3) is 3.49. The van der Waals surface area contributed by atoms with Crippen LogP contribution in [0.2, 0.25) is 0 Å². The Morgan fingerprint density at radius 3 is 2.60 bits per heavy atom. The van der Waals surface area contributed by atoms with Gasteiger partial charge < -0.3 is 9.84 Å². The molecule has 1 N–H and O–H groups in total. The van der Waals surface area contributed by atoms with E-state index in [0.717, 1.165) is 5.56 Å². The molecule has 0 fully saturated rings. The standard InChI is InChI=1S/C14H11F3N6O2/c1-18-12(24)10-6-19-22-23(10)7-8-2-4-9(5-3-8)11-20-13(25-21-11)14(15,16)17/h2-6H,7H2,1H3,(H,18,24). The number of alkyl halides is 3. The second-order valence-corrected chi connectivity index (χ2v) is 4.97. The number of carbonyl (C=O) groups is 1. The van der Waals surface area contributed by atoms with Gasteiger partial charge in [0.05, 0.1) is 12.7 Å². The maximum Gasteiger partial charge on any atom is 0.471 e. The molecule has 0 aliphatic carbocycles. The van der Waals surface area contributed by atoms with Crippen LogP contribution in [0.4, 0.5) is 13.2 Å². The summed E-state index contributed by atoms with van der Waals surface area (Å²) in [7, 11) is 1.49. The van der Waals surface area contributed by atoms with Crippen LogP contribution in [0.3, 0.4) is 0 Å². The zero-order valence-corrected chi connectivity index (χ0v) is 12.8.